The smallest absolute Gasteiger partial charge is 0.136 e. The third-order valence-corrected chi connectivity index (χ3v) is 2.42. The van der Waals surface area contributed by atoms with Gasteiger partial charge in [0.15, 0.2) is 0 Å². The number of nitrogen functional groups attached to an aromatic ring is 1. The predicted octanol–water partition coefficient (Wildman–Crippen LogP) is 2.00. The number of hydrogen-bond acceptors (Lipinski definition) is 4. The van der Waals surface area contributed by atoms with E-state index < -0.39 is 0 Å². The Bertz CT molecular complexity index is 482. The molecule has 88 valence electrons. The second kappa shape index (κ2) is 5.39. The SMILES string of the molecule is CCCc1cc(N)nc(Cc2ccccn2)n1. The Balaban J connectivity index is 2.21. The fourth-order valence-corrected chi connectivity index (χ4v) is 1.70. The molecule has 0 bridgehead atoms. The second-order valence-corrected chi connectivity index (χ2v) is 3.95. The molecule has 4 nitrogen and oxygen atoms in total. The van der Waals surface area contributed by atoms with Crippen molar-refractivity contribution in [3.8, 4) is 0 Å². The van der Waals surface area contributed by atoms with Crippen LogP contribution in [0.2, 0.25) is 0 Å². The first kappa shape index (κ1) is 11.5. The lowest BCUT2D eigenvalue weighted by molar-refractivity contribution is 0.838. The van der Waals surface area contributed by atoms with Crippen LogP contribution in [0.5, 0.6) is 0 Å². The van der Waals surface area contributed by atoms with Gasteiger partial charge in [0.05, 0.1) is 6.42 Å². The van der Waals surface area contributed by atoms with Crippen molar-refractivity contribution in [3.05, 3.63) is 47.7 Å². The molecule has 2 aromatic rings. The first-order chi connectivity index (χ1) is 8.28. The quantitative estimate of drug-likeness (QED) is 0.869. The molecule has 17 heavy (non-hydrogen) atoms. The van der Waals surface area contributed by atoms with E-state index in [-0.39, 0.29) is 0 Å². The Morgan fingerprint density at radius 2 is 2.06 bits per heavy atom. The molecule has 0 aliphatic rings. The number of pyridine rings is 1. The maximum atomic E-state index is 5.77. The van der Waals surface area contributed by atoms with Crippen molar-refractivity contribution in [1.29, 1.82) is 0 Å². The molecule has 0 unspecified atom stereocenters. The van der Waals surface area contributed by atoms with Gasteiger partial charge in [0, 0.05) is 23.7 Å². The summed E-state index contributed by atoms with van der Waals surface area (Å²) in [7, 11) is 0. The summed E-state index contributed by atoms with van der Waals surface area (Å²) in [5.74, 6) is 1.28. The highest BCUT2D eigenvalue weighted by Crippen LogP contribution is 2.08. The van der Waals surface area contributed by atoms with E-state index in [1.807, 2.05) is 24.3 Å². The van der Waals surface area contributed by atoms with E-state index in [2.05, 4.69) is 21.9 Å². The third kappa shape index (κ3) is 3.24. The van der Waals surface area contributed by atoms with Crippen molar-refractivity contribution < 1.29 is 0 Å². The molecule has 0 aliphatic heterocycles. The molecule has 2 heterocycles. The second-order valence-electron chi connectivity index (χ2n) is 3.95. The van der Waals surface area contributed by atoms with Crippen LogP contribution < -0.4 is 5.73 Å². The summed E-state index contributed by atoms with van der Waals surface area (Å²) in [5.41, 5.74) is 7.74. The summed E-state index contributed by atoms with van der Waals surface area (Å²) in [6, 6.07) is 7.66. The zero-order valence-corrected chi connectivity index (χ0v) is 9.93. The standard InChI is InChI=1S/C13H16N4/c1-2-5-11-8-12(14)17-13(16-11)9-10-6-3-4-7-15-10/h3-4,6-8H,2,5,9H2,1H3,(H2,14,16,17). The Morgan fingerprint density at radius 3 is 2.76 bits per heavy atom. The highest BCUT2D eigenvalue weighted by atomic mass is 14.9. The molecule has 0 saturated heterocycles. The van der Waals surface area contributed by atoms with Gasteiger partial charge in [0.25, 0.3) is 0 Å². The largest absolute Gasteiger partial charge is 0.384 e. The zero-order valence-electron chi connectivity index (χ0n) is 9.93. The van der Waals surface area contributed by atoms with Crippen molar-refractivity contribution in [3.63, 3.8) is 0 Å². The fourth-order valence-electron chi connectivity index (χ4n) is 1.70. The normalized spacial score (nSPS) is 10.4. The molecule has 0 fully saturated rings. The van der Waals surface area contributed by atoms with Crippen molar-refractivity contribution in [1.82, 2.24) is 15.0 Å². The molecular weight excluding hydrogens is 212 g/mol. The summed E-state index contributed by atoms with van der Waals surface area (Å²) in [5, 5.41) is 0. The summed E-state index contributed by atoms with van der Waals surface area (Å²) in [4.78, 5) is 13.0. The predicted molar refractivity (Wildman–Crippen MR) is 67.5 cm³/mol. The Morgan fingerprint density at radius 1 is 1.18 bits per heavy atom. The van der Waals surface area contributed by atoms with Crippen LogP contribution in [0.25, 0.3) is 0 Å². The minimum absolute atomic E-state index is 0.536. The molecule has 2 aromatic heterocycles. The van der Waals surface area contributed by atoms with E-state index in [1.54, 1.807) is 6.20 Å². The van der Waals surface area contributed by atoms with Gasteiger partial charge in [0.1, 0.15) is 11.6 Å². The lowest BCUT2D eigenvalue weighted by Gasteiger charge is -2.04. The van der Waals surface area contributed by atoms with Gasteiger partial charge in [-0.2, -0.15) is 0 Å². The third-order valence-electron chi connectivity index (χ3n) is 2.42. The molecular formula is C13H16N4. The van der Waals surface area contributed by atoms with Crippen LogP contribution in [-0.4, -0.2) is 15.0 Å². The summed E-state index contributed by atoms with van der Waals surface area (Å²) >= 11 is 0. The fraction of sp³-hybridized carbons (Fsp3) is 0.308. The molecule has 0 amide bonds. The molecule has 2 N–H and O–H groups in total. The lowest BCUT2D eigenvalue weighted by atomic mass is 10.2. The Kier molecular flexibility index (Phi) is 3.65. The van der Waals surface area contributed by atoms with E-state index in [9.17, 15) is 0 Å². The first-order valence-electron chi connectivity index (χ1n) is 5.80. The minimum Gasteiger partial charge on any atom is -0.384 e. The highest BCUT2D eigenvalue weighted by Gasteiger charge is 2.04. The van der Waals surface area contributed by atoms with Crippen molar-refractivity contribution in [2.75, 3.05) is 5.73 Å². The Hall–Kier alpha value is -1.97. The summed E-state index contributed by atoms with van der Waals surface area (Å²) in [6.07, 6.45) is 4.39. The Labute approximate surface area is 101 Å². The minimum atomic E-state index is 0.536. The van der Waals surface area contributed by atoms with Crippen LogP contribution in [-0.2, 0) is 12.8 Å². The van der Waals surface area contributed by atoms with Crippen molar-refractivity contribution >= 4 is 5.82 Å². The van der Waals surface area contributed by atoms with Crippen molar-refractivity contribution in [2.45, 2.75) is 26.2 Å². The molecule has 2 rings (SSSR count). The van der Waals surface area contributed by atoms with E-state index in [1.165, 1.54) is 0 Å². The highest BCUT2D eigenvalue weighted by molar-refractivity contribution is 5.30. The molecule has 0 saturated carbocycles. The monoisotopic (exact) mass is 228 g/mol. The van der Waals surface area contributed by atoms with E-state index in [0.29, 0.717) is 12.2 Å². The van der Waals surface area contributed by atoms with E-state index >= 15 is 0 Å². The lowest BCUT2D eigenvalue weighted by Crippen LogP contribution is -2.04. The number of nitrogens with two attached hydrogens (primary N) is 1. The summed E-state index contributed by atoms with van der Waals surface area (Å²) < 4.78 is 0. The van der Waals surface area contributed by atoms with Crippen LogP contribution in [0.15, 0.2) is 30.5 Å². The van der Waals surface area contributed by atoms with Crippen LogP contribution in [0.3, 0.4) is 0 Å². The number of rotatable bonds is 4. The summed E-state index contributed by atoms with van der Waals surface area (Å²) in [6.45, 7) is 2.12. The van der Waals surface area contributed by atoms with Gasteiger partial charge in [-0.15, -0.1) is 0 Å². The van der Waals surface area contributed by atoms with Gasteiger partial charge in [-0.3, -0.25) is 4.98 Å². The molecule has 0 spiro atoms. The zero-order chi connectivity index (χ0) is 12.1. The number of anilines is 1. The van der Waals surface area contributed by atoms with Gasteiger partial charge < -0.3 is 5.73 Å². The van der Waals surface area contributed by atoms with Gasteiger partial charge in [-0.1, -0.05) is 19.4 Å². The molecule has 4 heteroatoms. The molecule has 0 aromatic carbocycles. The average Bonchev–Trinajstić information content (AvgIpc) is 2.30. The number of nitrogens with zero attached hydrogens (tertiary/aromatic N) is 3. The van der Waals surface area contributed by atoms with Crippen molar-refractivity contribution in [2.24, 2.45) is 0 Å². The number of hydrogen-bond donors (Lipinski definition) is 1. The van der Waals surface area contributed by atoms with Crippen LogP contribution >= 0.6 is 0 Å². The van der Waals surface area contributed by atoms with Gasteiger partial charge in [0.2, 0.25) is 0 Å². The first-order valence-corrected chi connectivity index (χ1v) is 5.80. The van der Waals surface area contributed by atoms with Crippen LogP contribution in [0, 0.1) is 0 Å². The molecule has 0 radical (unpaired) electrons. The number of aryl methyl sites for hydroxylation is 1. The topological polar surface area (TPSA) is 64.7 Å². The molecule has 0 aliphatic carbocycles. The van der Waals surface area contributed by atoms with Gasteiger partial charge in [-0.05, 0) is 18.6 Å². The molecule has 0 atom stereocenters. The van der Waals surface area contributed by atoms with E-state index in [4.69, 9.17) is 5.73 Å². The van der Waals surface area contributed by atoms with Gasteiger partial charge >= 0.3 is 0 Å². The van der Waals surface area contributed by atoms with Crippen LogP contribution in [0.1, 0.15) is 30.6 Å². The van der Waals surface area contributed by atoms with Crippen LogP contribution in [0.4, 0.5) is 5.82 Å². The average molecular weight is 228 g/mol. The maximum Gasteiger partial charge on any atom is 0.136 e. The van der Waals surface area contributed by atoms with E-state index in [0.717, 1.165) is 30.1 Å². The van der Waals surface area contributed by atoms with Gasteiger partial charge in [-0.25, -0.2) is 9.97 Å². The number of aromatic nitrogens is 3. The maximum absolute atomic E-state index is 5.77.